The topological polar surface area (TPSA) is 111 Å². The molecule has 2 atom stereocenters. The number of likely N-dealkylation sites (N-methyl/N-ethyl adjacent to an activating group) is 1. The number of hydrogen-bond donors (Lipinski definition) is 0. The second-order valence-corrected chi connectivity index (χ2v) is 20.2. The number of esters is 2. The van der Waals surface area contributed by atoms with Crippen molar-refractivity contribution in [1.29, 1.82) is 0 Å². The predicted molar refractivity (Wildman–Crippen MR) is 304 cm³/mol. The summed E-state index contributed by atoms with van der Waals surface area (Å²) in [5.41, 5.74) is 0. The molecule has 0 radical (unpaired) electrons. The third-order valence-corrected chi connectivity index (χ3v) is 11.8. The second-order valence-electron chi connectivity index (χ2n) is 18.8. The number of quaternary nitrogens is 1. The van der Waals surface area contributed by atoms with Crippen molar-refractivity contribution in [1.82, 2.24) is 0 Å². The molecular weight excluding hydrogens is 918 g/mol. The van der Waals surface area contributed by atoms with Crippen LogP contribution in [-0.2, 0) is 32.7 Å². The van der Waals surface area contributed by atoms with Crippen LogP contribution in [0.2, 0.25) is 0 Å². The van der Waals surface area contributed by atoms with Crippen LogP contribution in [0.5, 0.6) is 0 Å². The van der Waals surface area contributed by atoms with Crippen molar-refractivity contribution in [3.63, 3.8) is 0 Å². The van der Waals surface area contributed by atoms with Crippen LogP contribution in [0, 0.1) is 0 Å². The van der Waals surface area contributed by atoms with Gasteiger partial charge in [0.15, 0.2) is 6.10 Å². The minimum Gasteiger partial charge on any atom is -0.756 e. The van der Waals surface area contributed by atoms with E-state index in [4.69, 9.17) is 18.5 Å². The molecule has 0 fully saturated rings. The molecule has 72 heavy (non-hydrogen) atoms. The number of nitrogens with zero attached hydrogens (tertiary/aromatic N) is 1. The molecular formula is C62H100NO8P. The van der Waals surface area contributed by atoms with Crippen molar-refractivity contribution in [2.45, 2.75) is 187 Å². The smallest absolute Gasteiger partial charge is 0.306 e. The minimum absolute atomic E-state index is 0.0465. The third kappa shape index (κ3) is 55.2. The lowest BCUT2D eigenvalue weighted by Crippen LogP contribution is -2.37. The van der Waals surface area contributed by atoms with E-state index in [1.165, 1.54) is 12.8 Å². The SMILES string of the molecule is CC/C=C\C/C=C\C/C=C\C/C=C\C/C=C\C/C=C\C/C=C\C/C=C\C/C=C\CCCCCCCCCC(=O)OC(COC(=O)CCCCC/C=C\C/C=C\C/C=C\CC)COP(=O)([O-])OCC[N+](C)(C)C. The molecule has 0 aliphatic heterocycles. The van der Waals surface area contributed by atoms with Crippen LogP contribution in [0.15, 0.2) is 146 Å². The average Bonchev–Trinajstić information content (AvgIpc) is 3.34. The Morgan fingerprint density at radius 1 is 0.431 bits per heavy atom. The highest BCUT2D eigenvalue weighted by molar-refractivity contribution is 7.45. The van der Waals surface area contributed by atoms with E-state index in [9.17, 15) is 19.0 Å². The van der Waals surface area contributed by atoms with Crippen molar-refractivity contribution in [2.75, 3.05) is 47.5 Å². The zero-order chi connectivity index (χ0) is 52.7. The zero-order valence-electron chi connectivity index (χ0n) is 45.8. The summed E-state index contributed by atoms with van der Waals surface area (Å²) in [6, 6.07) is 0. The van der Waals surface area contributed by atoms with Crippen molar-refractivity contribution in [3.8, 4) is 0 Å². The Bertz CT molecular complexity index is 1720. The Morgan fingerprint density at radius 3 is 1.12 bits per heavy atom. The number of rotatable bonds is 48. The summed E-state index contributed by atoms with van der Waals surface area (Å²) in [6.45, 7) is 3.92. The highest BCUT2D eigenvalue weighted by Gasteiger charge is 2.21. The van der Waals surface area contributed by atoms with E-state index in [-0.39, 0.29) is 26.1 Å². The molecule has 10 heteroatoms. The van der Waals surface area contributed by atoms with Crippen molar-refractivity contribution in [3.05, 3.63) is 146 Å². The van der Waals surface area contributed by atoms with E-state index in [0.717, 1.165) is 128 Å². The molecule has 0 spiro atoms. The summed E-state index contributed by atoms with van der Waals surface area (Å²) in [4.78, 5) is 37.7. The number of unbranched alkanes of at least 4 members (excludes halogenated alkanes) is 10. The third-order valence-electron chi connectivity index (χ3n) is 10.9. The van der Waals surface area contributed by atoms with Gasteiger partial charge in [0.2, 0.25) is 0 Å². The van der Waals surface area contributed by atoms with Gasteiger partial charge in [-0.15, -0.1) is 0 Å². The molecule has 0 aliphatic carbocycles. The quantitative estimate of drug-likeness (QED) is 0.0195. The Labute approximate surface area is 440 Å². The monoisotopic (exact) mass is 1020 g/mol. The molecule has 9 nitrogen and oxygen atoms in total. The highest BCUT2D eigenvalue weighted by Crippen LogP contribution is 2.38. The van der Waals surface area contributed by atoms with E-state index < -0.39 is 32.5 Å². The Balaban J connectivity index is 4.21. The van der Waals surface area contributed by atoms with Crippen LogP contribution in [0.3, 0.4) is 0 Å². The zero-order valence-corrected chi connectivity index (χ0v) is 46.7. The largest absolute Gasteiger partial charge is 0.756 e. The average molecular weight is 1020 g/mol. The fourth-order valence-electron chi connectivity index (χ4n) is 6.66. The maximum atomic E-state index is 12.8. The van der Waals surface area contributed by atoms with Gasteiger partial charge >= 0.3 is 11.9 Å². The first-order valence-electron chi connectivity index (χ1n) is 27.5. The number of hydrogen-bond acceptors (Lipinski definition) is 8. The molecule has 0 aromatic carbocycles. The molecule has 0 saturated heterocycles. The van der Waals surface area contributed by atoms with Gasteiger partial charge in [-0.2, -0.15) is 0 Å². The molecule has 0 bridgehead atoms. The van der Waals surface area contributed by atoms with Gasteiger partial charge in [0.05, 0.1) is 27.7 Å². The molecule has 406 valence electrons. The van der Waals surface area contributed by atoms with Crippen LogP contribution in [0.1, 0.15) is 181 Å². The summed E-state index contributed by atoms with van der Waals surface area (Å²) in [6.07, 6.45) is 76.1. The van der Waals surface area contributed by atoms with Crippen molar-refractivity contribution < 1.29 is 42.1 Å². The van der Waals surface area contributed by atoms with E-state index >= 15 is 0 Å². The fraction of sp³-hybridized carbons (Fsp3) is 0.581. The van der Waals surface area contributed by atoms with Crippen LogP contribution < -0.4 is 4.89 Å². The lowest BCUT2D eigenvalue weighted by Gasteiger charge is -2.28. The summed E-state index contributed by atoms with van der Waals surface area (Å²) in [7, 11) is 1.12. The van der Waals surface area contributed by atoms with Crippen LogP contribution in [0.25, 0.3) is 0 Å². The molecule has 0 aliphatic rings. The van der Waals surface area contributed by atoms with Gasteiger partial charge in [-0.3, -0.25) is 14.2 Å². The summed E-state index contributed by atoms with van der Waals surface area (Å²) in [5.74, 6) is -0.896. The van der Waals surface area contributed by atoms with Gasteiger partial charge < -0.3 is 27.9 Å². The molecule has 0 aromatic rings. The number of ether oxygens (including phenoxy) is 2. The lowest BCUT2D eigenvalue weighted by atomic mass is 10.1. The van der Waals surface area contributed by atoms with Crippen LogP contribution in [-0.4, -0.2) is 70.0 Å². The minimum atomic E-state index is -4.65. The second kappa shape index (κ2) is 51.8. The van der Waals surface area contributed by atoms with Crippen LogP contribution in [0.4, 0.5) is 0 Å². The van der Waals surface area contributed by atoms with Crippen molar-refractivity contribution >= 4 is 19.8 Å². The fourth-order valence-corrected chi connectivity index (χ4v) is 7.39. The number of carbonyl (C=O) groups excluding carboxylic acids is 2. The first-order valence-corrected chi connectivity index (χ1v) is 29.0. The van der Waals surface area contributed by atoms with Gasteiger partial charge in [-0.1, -0.05) is 198 Å². The first-order chi connectivity index (χ1) is 35.0. The summed E-state index contributed by atoms with van der Waals surface area (Å²) < 4.78 is 34.0. The van der Waals surface area contributed by atoms with Gasteiger partial charge in [0, 0.05) is 12.8 Å². The molecule has 0 saturated carbocycles. The maximum Gasteiger partial charge on any atom is 0.306 e. The summed E-state index contributed by atoms with van der Waals surface area (Å²) in [5, 5.41) is 0. The number of allylic oxidation sites excluding steroid dienone is 24. The Kier molecular flexibility index (Phi) is 48.8. The molecule has 0 aromatic heterocycles. The van der Waals surface area contributed by atoms with Gasteiger partial charge in [0.25, 0.3) is 7.82 Å². The number of phosphoric acid groups is 1. The van der Waals surface area contributed by atoms with Gasteiger partial charge in [-0.05, 0) is 116 Å². The van der Waals surface area contributed by atoms with Gasteiger partial charge in [0.1, 0.15) is 19.8 Å². The molecule has 0 heterocycles. The van der Waals surface area contributed by atoms with Crippen molar-refractivity contribution in [2.24, 2.45) is 0 Å². The van der Waals surface area contributed by atoms with E-state index in [2.05, 4.69) is 160 Å². The Morgan fingerprint density at radius 2 is 0.750 bits per heavy atom. The predicted octanol–water partition coefficient (Wildman–Crippen LogP) is 16.5. The molecule has 0 amide bonds. The first kappa shape index (κ1) is 67.9. The number of phosphoric ester groups is 1. The summed E-state index contributed by atoms with van der Waals surface area (Å²) >= 11 is 0. The molecule has 0 N–H and O–H groups in total. The standard InChI is InChI=1S/C62H100NO8P/c1-6-8-10-12-14-16-18-20-21-22-23-24-25-26-27-28-29-30-31-32-33-34-35-36-37-38-39-40-41-43-45-47-49-51-53-55-62(65)71-60(59-70-72(66,67)69-57-56-63(3,4)5)58-68-61(64)54-52-50-48-46-44-42-19-17-15-13-11-9-7-2/h8-11,14-17,20-21,23-24,26-27,29-30,32-33,35-36,38-39,42,44,60H,6-7,12-13,18-19,22,25,28,31,34,37,40-41,43,45-59H2,1-5H3/b10-8-,11-9-,16-14-,17-15-,21-20-,24-23-,27-26-,30-29-,33-32-,36-35-,39-38-,44-42-. The molecule has 0 rings (SSSR count). The normalized spacial score (nSPS) is 14.5. The molecule has 2 unspecified atom stereocenters. The highest BCUT2D eigenvalue weighted by atomic mass is 31.2. The van der Waals surface area contributed by atoms with E-state index in [1.54, 1.807) is 0 Å². The van der Waals surface area contributed by atoms with E-state index in [1.807, 2.05) is 21.1 Å². The Hall–Kier alpha value is -4.11. The maximum absolute atomic E-state index is 12.8. The van der Waals surface area contributed by atoms with E-state index in [0.29, 0.717) is 23.9 Å². The lowest BCUT2D eigenvalue weighted by molar-refractivity contribution is -0.870. The van der Waals surface area contributed by atoms with Gasteiger partial charge in [-0.25, -0.2) is 0 Å². The van der Waals surface area contributed by atoms with Crippen LogP contribution >= 0.6 is 7.82 Å². The number of carbonyl (C=O) groups is 2.